The molecule has 27 heavy (non-hydrogen) atoms. The van der Waals surface area contributed by atoms with Gasteiger partial charge in [-0.25, -0.2) is 4.39 Å². The average molecular weight is 389 g/mol. The molecule has 0 aromatic heterocycles. The second-order valence-electron chi connectivity index (χ2n) is 6.39. The summed E-state index contributed by atoms with van der Waals surface area (Å²) in [5.41, 5.74) is 1.01. The number of hydrogen-bond donors (Lipinski definition) is 0. The Labute approximate surface area is 164 Å². The predicted octanol–water partition coefficient (Wildman–Crippen LogP) is 4.06. The van der Waals surface area contributed by atoms with Crippen LogP contribution < -0.4 is 9.64 Å². The molecule has 0 radical (unpaired) electrons. The van der Waals surface area contributed by atoms with Crippen LogP contribution in [0.25, 0.3) is 0 Å². The Morgan fingerprint density at radius 1 is 1.04 bits per heavy atom. The Bertz CT molecular complexity index is 737. The van der Waals surface area contributed by atoms with Gasteiger partial charge in [0.15, 0.2) is 0 Å². The van der Waals surface area contributed by atoms with E-state index in [9.17, 15) is 9.18 Å². The third-order valence-corrected chi connectivity index (χ3v) is 5.53. The molecule has 0 atom stereocenters. The molecule has 0 spiro atoms. The smallest absolute Gasteiger partial charge is 0.232 e. The van der Waals surface area contributed by atoms with Crippen LogP contribution in [0, 0.1) is 5.82 Å². The SMILES string of the molecule is CCOc1ccc(SCC(=O)N2CCCN(c3ccc(F)cc3)CC2)cc1. The number of rotatable bonds is 6. The second-order valence-corrected chi connectivity index (χ2v) is 7.44. The number of anilines is 1. The van der Waals surface area contributed by atoms with E-state index in [0.29, 0.717) is 18.9 Å². The topological polar surface area (TPSA) is 32.8 Å². The van der Waals surface area contributed by atoms with Gasteiger partial charge in [0, 0.05) is 36.8 Å². The molecule has 0 unspecified atom stereocenters. The Morgan fingerprint density at radius 3 is 2.48 bits per heavy atom. The van der Waals surface area contributed by atoms with Crippen molar-refractivity contribution in [3.63, 3.8) is 0 Å². The highest BCUT2D eigenvalue weighted by Gasteiger charge is 2.19. The minimum atomic E-state index is -0.225. The van der Waals surface area contributed by atoms with Crippen molar-refractivity contribution in [2.75, 3.05) is 43.4 Å². The van der Waals surface area contributed by atoms with Crippen LogP contribution in [0.5, 0.6) is 5.75 Å². The minimum Gasteiger partial charge on any atom is -0.494 e. The van der Waals surface area contributed by atoms with E-state index in [2.05, 4.69) is 4.90 Å². The molecule has 6 heteroatoms. The van der Waals surface area contributed by atoms with Crippen LogP contribution >= 0.6 is 11.8 Å². The fraction of sp³-hybridized carbons (Fsp3) is 0.381. The molecule has 0 N–H and O–H groups in total. The highest BCUT2D eigenvalue weighted by atomic mass is 32.2. The van der Waals surface area contributed by atoms with Crippen LogP contribution in [-0.2, 0) is 4.79 Å². The maximum absolute atomic E-state index is 13.1. The summed E-state index contributed by atoms with van der Waals surface area (Å²) in [7, 11) is 0. The molecule has 144 valence electrons. The number of halogens is 1. The molecule has 0 bridgehead atoms. The summed E-state index contributed by atoms with van der Waals surface area (Å²) in [6.45, 7) is 5.71. The molecular formula is C21H25FN2O2S. The molecule has 0 saturated carbocycles. The first kappa shape index (κ1) is 19.5. The van der Waals surface area contributed by atoms with Crippen LogP contribution in [0.4, 0.5) is 10.1 Å². The molecular weight excluding hydrogens is 363 g/mol. The van der Waals surface area contributed by atoms with E-state index in [-0.39, 0.29) is 11.7 Å². The zero-order valence-electron chi connectivity index (χ0n) is 15.6. The quantitative estimate of drug-likeness (QED) is 0.699. The molecule has 4 nitrogen and oxygen atoms in total. The Morgan fingerprint density at radius 2 is 1.78 bits per heavy atom. The third-order valence-electron chi connectivity index (χ3n) is 4.54. The van der Waals surface area contributed by atoms with Crippen LogP contribution in [0.15, 0.2) is 53.4 Å². The maximum atomic E-state index is 13.1. The van der Waals surface area contributed by atoms with Crippen LogP contribution in [0.2, 0.25) is 0 Å². The number of amides is 1. The van der Waals surface area contributed by atoms with Gasteiger partial charge in [-0.05, 0) is 61.9 Å². The first-order valence-electron chi connectivity index (χ1n) is 9.29. The molecule has 2 aromatic carbocycles. The van der Waals surface area contributed by atoms with Crippen LogP contribution in [0.1, 0.15) is 13.3 Å². The summed E-state index contributed by atoms with van der Waals surface area (Å²) in [6, 6.07) is 14.4. The van der Waals surface area contributed by atoms with Crippen molar-refractivity contribution in [1.82, 2.24) is 4.90 Å². The van der Waals surface area contributed by atoms with Gasteiger partial charge in [-0.3, -0.25) is 4.79 Å². The van der Waals surface area contributed by atoms with Gasteiger partial charge in [-0.1, -0.05) is 0 Å². The zero-order chi connectivity index (χ0) is 19.1. The van der Waals surface area contributed by atoms with Gasteiger partial charge in [0.1, 0.15) is 11.6 Å². The molecule has 1 fully saturated rings. The Kier molecular flexibility index (Phi) is 6.98. The molecule has 0 aliphatic carbocycles. The molecule has 1 aliphatic rings. The van der Waals surface area contributed by atoms with Crippen molar-refractivity contribution in [1.29, 1.82) is 0 Å². The summed E-state index contributed by atoms with van der Waals surface area (Å²) < 4.78 is 18.5. The van der Waals surface area contributed by atoms with Crippen LogP contribution in [-0.4, -0.2) is 49.3 Å². The highest BCUT2D eigenvalue weighted by molar-refractivity contribution is 8.00. The standard InChI is InChI=1S/C21H25FN2O2S/c1-2-26-19-8-10-20(11-9-19)27-16-21(25)24-13-3-12-23(14-15-24)18-6-4-17(22)5-7-18/h4-11H,2-3,12-16H2,1H3. The Balaban J connectivity index is 1.49. The Hall–Kier alpha value is -2.21. The number of benzene rings is 2. The van der Waals surface area contributed by atoms with E-state index in [1.165, 1.54) is 12.1 Å². The average Bonchev–Trinajstić information content (AvgIpc) is 2.94. The first-order valence-corrected chi connectivity index (χ1v) is 10.3. The highest BCUT2D eigenvalue weighted by Crippen LogP contribution is 2.22. The van der Waals surface area contributed by atoms with E-state index in [4.69, 9.17) is 4.74 Å². The van der Waals surface area contributed by atoms with Crippen molar-refractivity contribution in [2.24, 2.45) is 0 Å². The second kappa shape index (κ2) is 9.65. The maximum Gasteiger partial charge on any atom is 0.232 e. The summed E-state index contributed by atoms with van der Waals surface area (Å²) in [5, 5.41) is 0. The number of hydrogen-bond acceptors (Lipinski definition) is 4. The lowest BCUT2D eigenvalue weighted by molar-refractivity contribution is -0.128. The fourth-order valence-electron chi connectivity index (χ4n) is 3.11. The lowest BCUT2D eigenvalue weighted by atomic mass is 10.2. The van der Waals surface area contributed by atoms with Gasteiger partial charge in [0.05, 0.1) is 12.4 Å². The summed E-state index contributed by atoms with van der Waals surface area (Å²) in [6.07, 6.45) is 0.914. The summed E-state index contributed by atoms with van der Waals surface area (Å²) >= 11 is 1.55. The lowest BCUT2D eigenvalue weighted by Crippen LogP contribution is -2.36. The normalized spacial score (nSPS) is 14.7. The van der Waals surface area contributed by atoms with Gasteiger partial charge in [0.25, 0.3) is 0 Å². The van der Waals surface area contributed by atoms with Crippen molar-refractivity contribution in [3.8, 4) is 5.75 Å². The molecule has 3 rings (SSSR count). The number of thioether (sulfide) groups is 1. The number of nitrogens with zero attached hydrogens (tertiary/aromatic N) is 2. The van der Waals surface area contributed by atoms with E-state index in [0.717, 1.165) is 42.4 Å². The summed E-state index contributed by atoms with van der Waals surface area (Å²) in [5.74, 6) is 1.22. The van der Waals surface area contributed by atoms with E-state index >= 15 is 0 Å². The lowest BCUT2D eigenvalue weighted by Gasteiger charge is -2.23. The van der Waals surface area contributed by atoms with E-state index in [1.807, 2.05) is 36.1 Å². The molecule has 1 aliphatic heterocycles. The fourth-order valence-corrected chi connectivity index (χ4v) is 3.91. The van der Waals surface area contributed by atoms with Gasteiger partial charge in [0.2, 0.25) is 5.91 Å². The monoisotopic (exact) mass is 388 g/mol. The third kappa shape index (κ3) is 5.63. The van der Waals surface area contributed by atoms with Crippen molar-refractivity contribution >= 4 is 23.4 Å². The van der Waals surface area contributed by atoms with E-state index in [1.54, 1.807) is 23.9 Å². The predicted molar refractivity (Wildman–Crippen MR) is 108 cm³/mol. The largest absolute Gasteiger partial charge is 0.494 e. The molecule has 1 saturated heterocycles. The minimum absolute atomic E-state index is 0.162. The first-order chi connectivity index (χ1) is 13.2. The summed E-state index contributed by atoms with van der Waals surface area (Å²) in [4.78, 5) is 17.8. The molecule has 1 heterocycles. The zero-order valence-corrected chi connectivity index (χ0v) is 16.4. The van der Waals surface area contributed by atoms with Gasteiger partial charge < -0.3 is 14.5 Å². The van der Waals surface area contributed by atoms with Crippen molar-refractivity contribution in [2.45, 2.75) is 18.2 Å². The number of carbonyl (C=O) groups is 1. The van der Waals surface area contributed by atoms with Crippen molar-refractivity contribution in [3.05, 3.63) is 54.3 Å². The number of carbonyl (C=O) groups excluding carboxylic acids is 1. The van der Waals surface area contributed by atoms with Gasteiger partial charge in [-0.2, -0.15) is 0 Å². The van der Waals surface area contributed by atoms with Gasteiger partial charge in [-0.15, -0.1) is 11.8 Å². The van der Waals surface area contributed by atoms with E-state index < -0.39 is 0 Å². The molecule has 1 amide bonds. The van der Waals surface area contributed by atoms with Gasteiger partial charge >= 0.3 is 0 Å². The molecule has 2 aromatic rings. The number of ether oxygens (including phenoxy) is 1. The van der Waals surface area contributed by atoms with Crippen LogP contribution in [0.3, 0.4) is 0 Å². The van der Waals surface area contributed by atoms with Crippen molar-refractivity contribution < 1.29 is 13.9 Å².